The zero-order chi connectivity index (χ0) is 26.4. The number of nitrogen functional groups attached to an aromatic ring is 1. The van der Waals surface area contributed by atoms with Gasteiger partial charge in [-0.05, 0) is 43.3 Å². The lowest BCUT2D eigenvalue weighted by Crippen LogP contribution is -2.45. The van der Waals surface area contributed by atoms with Crippen molar-refractivity contribution in [1.29, 1.82) is 0 Å². The number of anilines is 1. The van der Waals surface area contributed by atoms with Crippen LogP contribution in [0.3, 0.4) is 0 Å². The number of hydrogen-bond donors (Lipinski definition) is 2. The van der Waals surface area contributed by atoms with E-state index < -0.39 is 43.2 Å². The molecule has 1 unspecified atom stereocenters. The molecule has 2 aromatic carbocycles. The summed E-state index contributed by atoms with van der Waals surface area (Å²) < 4.78 is 32.2. The van der Waals surface area contributed by atoms with Crippen LogP contribution in [0.25, 0.3) is 5.52 Å². The zero-order valence-electron chi connectivity index (χ0n) is 19.9. The van der Waals surface area contributed by atoms with E-state index in [1.807, 2.05) is 0 Å². The van der Waals surface area contributed by atoms with E-state index in [4.69, 9.17) is 19.9 Å². The molecule has 0 saturated carbocycles. The maximum Gasteiger partial charge on any atom is 0.338 e. The maximum atomic E-state index is 14.4. The molecule has 3 N–H and O–H groups in total. The van der Waals surface area contributed by atoms with Crippen molar-refractivity contribution in [2.75, 3.05) is 19.0 Å². The van der Waals surface area contributed by atoms with Crippen LogP contribution >= 0.6 is 0 Å². The minimum Gasteiger partial charge on any atom is -0.459 e. The SMILES string of the molecule is C[C@H](OC(=O)c1ccccc1)[C@@H](COC(=O)c1ccccc1)OC(O)(CF)c1ccc2c(N)ncnn12. The third-order valence-electron chi connectivity index (χ3n) is 5.62. The van der Waals surface area contributed by atoms with Crippen LogP contribution < -0.4 is 5.73 Å². The average Bonchev–Trinajstić information content (AvgIpc) is 3.38. The van der Waals surface area contributed by atoms with Crippen molar-refractivity contribution in [3.8, 4) is 0 Å². The molecule has 0 amide bonds. The molecular weight excluding hydrogens is 483 g/mol. The van der Waals surface area contributed by atoms with E-state index in [-0.39, 0.29) is 22.6 Å². The van der Waals surface area contributed by atoms with E-state index in [9.17, 15) is 19.1 Å². The molecule has 0 spiro atoms. The second-order valence-corrected chi connectivity index (χ2v) is 8.18. The molecule has 0 aliphatic rings. The number of nitrogens with two attached hydrogens (primary N) is 1. The Labute approximate surface area is 211 Å². The van der Waals surface area contributed by atoms with Crippen molar-refractivity contribution in [3.63, 3.8) is 0 Å². The second kappa shape index (κ2) is 11.1. The van der Waals surface area contributed by atoms with Crippen LogP contribution in [0, 0.1) is 0 Å². The molecule has 0 saturated heterocycles. The van der Waals surface area contributed by atoms with Crippen LogP contribution in [0.15, 0.2) is 79.1 Å². The number of hydrogen-bond acceptors (Lipinski definition) is 9. The van der Waals surface area contributed by atoms with Crippen LogP contribution in [0.5, 0.6) is 0 Å². The highest BCUT2D eigenvalue weighted by molar-refractivity contribution is 5.90. The first-order valence-corrected chi connectivity index (χ1v) is 11.4. The van der Waals surface area contributed by atoms with Crippen molar-refractivity contribution in [2.45, 2.75) is 24.9 Å². The van der Waals surface area contributed by atoms with Gasteiger partial charge in [-0.25, -0.2) is 23.5 Å². The molecule has 3 atom stereocenters. The van der Waals surface area contributed by atoms with Gasteiger partial charge in [0.15, 0.2) is 5.82 Å². The first kappa shape index (κ1) is 25.7. The lowest BCUT2D eigenvalue weighted by Gasteiger charge is -2.32. The lowest BCUT2D eigenvalue weighted by molar-refractivity contribution is -0.268. The summed E-state index contributed by atoms with van der Waals surface area (Å²) in [5, 5.41) is 15.2. The monoisotopic (exact) mass is 508 g/mol. The highest BCUT2D eigenvalue weighted by Gasteiger charge is 2.40. The van der Waals surface area contributed by atoms with Gasteiger partial charge in [0.05, 0.1) is 11.1 Å². The predicted molar refractivity (Wildman–Crippen MR) is 130 cm³/mol. The molecule has 10 nitrogen and oxygen atoms in total. The first-order chi connectivity index (χ1) is 17.8. The Morgan fingerprint density at radius 3 is 2.27 bits per heavy atom. The third-order valence-corrected chi connectivity index (χ3v) is 5.62. The molecule has 4 aromatic rings. The Morgan fingerprint density at radius 1 is 1.03 bits per heavy atom. The number of fused-ring (bicyclic) bond motifs is 1. The molecular formula is C26H25FN4O6. The number of benzene rings is 2. The van der Waals surface area contributed by atoms with E-state index in [0.717, 1.165) is 6.33 Å². The Bertz CT molecular complexity index is 1370. The van der Waals surface area contributed by atoms with E-state index >= 15 is 0 Å². The Kier molecular flexibility index (Phi) is 7.75. The summed E-state index contributed by atoms with van der Waals surface area (Å²) in [6.07, 6.45) is -1.19. The molecule has 4 rings (SSSR count). The highest BCUT2D eigenvalue weighted by atomic mass is 19.1. The number of alkyl halides is 1. The van der Waals surface area contributed by atoms with E-state index in [1.165, 1.54) is 23.6 Å². The minimum absolute atomic E-state index is 0.0833. The number of carbonyl (C=O) groups excluding carboxylic acids is 2. The number of esters is 2. The molecule has 192 valence electrons. The largest absolute Gasteiger partial charge is 0.459 e. The van der Waals surface area contributed by atoms with Crippen LogP contribution in [0.1, 0.15) is 33.3 Å². The summed E-state index contributed by atoms with van der Waals surface area (Å²) in [7, 11) is 0. The molecule has 2 heterocycles. The topological polar surface area (TPSA) is 138 Å². The van der Waals surface area contributed by atoms with E-state index in [0.29, 0.717) is 5.52 Å². The van der Waals surface area contributed by atoms with Crippen molar-refractivity contribution in [3.05, 3.63) is 95.9 Å². The van der Waals surface area contributed by atoms with Crippen LogP contribution in [-0.2, 0) is 20.0 Å². The quantitative estimate of drug-likeness (QED) is 0.245. The Morgan fingerprint density at radius 2 is 1.65 bits per heavy atom. The molecule has 0 aliphatic heterocycles. The summed E-state index contributed by atoms with van der Waals surface area (Å²) in [5.74, 6) is -3.78. The van der Waals surface area contributed by atoms with Gasteiger partial charge in [-0.3, -0.25) is 0 Å². The van der Waals surface area contributed by atoms with Gasteiger partial charge in [0.2, 0.25) is 5.79 Å². The normalized spacial score (nSPS) is 14.5. The van der Waals surface area contributed by atoms with Gasteiger partial charge >= 0.3 is 11.9 Å². The van der Waals surface area contributed by atoms with Crippen LogP contribution in [-0.4, -0.2) is 57.1 Å². The summed E-state index contributed by atoms with van der Waals surface area (Å²) in [5.41, 5.74) is 6.64. The fourth-order valence-electron chi connectivity index (χ4n) is 3.63. The number of aromatic nitrogens is 3. The zero-order valence-corrected chi connectivity index (χ0v) is 19.9. The highest BCUT2D eigenvalue weighted by Crippen LogP contribution is 2.29. The second-order valence-electron chi connectivity index (χ2n) is 8.18. The van der Waals surface area contributed by atoms with Gasteiger partial charge in [-0.2, -0.15) is 5.10 Å². The number of carbonyl (C=O) groups is 2. The van der Waals surface area contributed by atoms with Gasteiger partial charge in [0.25, 0.3) is 0 Å². The summed E-state index contributed by atoms with van der Waals surface area (Å²) in [6, 6.07) is 19.3. The molecule has 0 aliphatic carbocycles. The molecule has 0 fully saturated rings. The van der Waals surface area contributed by atoms with Crippen molar-refractivity contribution in [1.82, 2.24) is 14.6 Å². The smallest absolute Gasteiger partial charge is 0.338 e. The molecule has 2 aromatic heterocycles. The standard InChI is InChI=1S/C26H25FN4O6/c1-17(36-25(33)19-10-6-3-7-11-19)21(14-35-24(32)18-8-4-2-5-9-18)37-26(34,15-27)22-13-12-20-23(28)29-16-30-31(20)22/h2-13,16-17,21,34H,14-15H2,1H3,(H2,28,29,30)/t17-,21+,26?/m0/s1. The fraction of sp³-hybridized carbons (Fsp3) is 0.231. The maximum absolute atomic E-state index is 14.4. The van der Waals surface area contributed by atoms with Gasteiger partial charge in [0, 0.05) is 0 Å². The van der Waals surface area contributed by atoms with Crippen molar-refractivity contribution < 1.29 is 33.3 Å². The number of ether oxygens (including phenoxy) is 3. The number of aliphatic hydroxyl groups is 1. The Balaban J connectivity index is 1.60. The summed E-state index contributed by atoms with van der Waals surface area (Å²) in [6.45, 7) is -0.373. The van der Waals surface area contributed by atoms with E-state index in [2.05, 4.69) is 10.1 Å². The lowest BCUT2D eigenvalue weighted by atomic mass is 10.1. The number of halogens is 1. The molecule has 37 heavy (non-hydrogen) atoms. The van der Waals surface area contributed by atoms with Crippen molar-refractivity contribution in [2.24, 2.45) is 0 Å². The first-order valence-electron chi connectivity index (χ1n) is 11.4. The van der Waals surface area contributed by atoms with Crippen LogP contribution in [0.2, 0.25) is 0 Å². The van der Waals surface area contributed by atoms with Gasteiger partial charge in [0.1, 0.15) is 43.0 Å². The number of rotatable bonds is 10. The Hall–Kier alpha value is -4.35. The summed E-state index contributed by atoms with van der Waals surface area (Å²) in [4.78, 5) is 29.0. The molecule has 11 heteroatoms. The van der Waals surface area contributed by atoms with Crippen LogP contribution in [0.4, 0.5) is 10.2 Å². The van der Waals surface area contributed by atoms with E-state index in [1.54, 1.807) is 60.7 Å². The van der Waals surface area contributed by atoms with Crippen molar-refractivity contribution >= 4 is 23.3 Å². The van der Waals surface area contributed by atoms with Gasteiger partial charge in [-0.1, -0.05) is 36.4 Å². The minimum atomic E-state index is -2.55. The number of nitrogens with zero attached hydrogens (tertiary/aromatic N) is 3. The molecule has 0 radical (unpaired) electrons. The third kappa shape index (κ3) is 5.74. The van der Waals surface area contributed by atoms with Gasteiger partial charge < -0.3 is 25.1 Å². The molecule has 0 bridgehead atoms. The predicted octanol–water partition coefficient (Wildman–Crippen LogP) is 2.91. The fourth-order valence-corrected chi connectivity index (χ4v) is 3.63. The average molecular weight is 509 g/mol. The summed E-state index contributed by atoms with van der Waals surface area (Å²) >= 11 is 0. The van der Waals surface area contributed by atoms with Gasteiger partial charge in [-0.15, -0.1) is 0 Å².